The number of para-hydroxylation sites is 1. The van der Waals surface area contributed by atoms with E-state index in [2.05, 4.69) is 115 Å². The van der Waals surface area contributed by atoms with Crippen LogP contribution in [0.4, 0.5) is 0 Å². The number of hydrogen-bond donors (Lipinski definition) is 0. The Morgan fingerprint density at radius 1 is 0.481 bits per heavy atom. The van der Waals surface area contributed by atoms with Gasteiger partial charge in [0, 0.05) is 53.5 Å². The molecule has 10 rings (SSSR count). The number of thiophene rings is 1. The zero-order valence-electron chi connectivity index (χ0n) is 29.3. The minimum atomic E-state index is 0.636. The standard InChI is InChI=1S/C49H32N4S/c1-3-36-38-27-29-42-45(46(38)54-43(36)4-2)40-30-34(26-28-41(40)53(42)35-22-12-7-13-23-35)37-24-14-20-31-21-15-25-39(44(31)37)49-51-47(32-16-8-5-9-17-32)50-48(52-49)33-18-10-6-11-19-33/h3-30H,1-2H2. The van der Waals surface area contributed by atoms with Crippen LogP contribution in [0.25, 0.3) is 106 Å². The minimum Gasteiger partial charge on any atom is -0.309 e. The zero-order valence-corrected chi connectivity index (χ0v) is 30.1. The molecule has 0 aliphatic carbocycles. The van der Waals surface area contributed by atoms with Crippen molar-refractivity contribution in [2.45, 2.75) is 0 Å². The number of hydrogen-bond acceptors (Lipinski definition) is 4. The summed E-state index contributed by atoms with van der Waals surface area (Å²) >= 11 is 1.78. The SMILES string of the molecule is C=Cc1sc2c(ccc3c2c2cc(-c4cccc5cccc(-c6nc(-c7ccccc7)nc(-c7ccccc7)n6)c45)ccc2n3-c2ccccc2)c1C=C. The van der Waals surface area contributed by atoms with Crippen molar-refractivity contribution in [1.29, 1.82) is 0 Å². The second-order valence-electron chi connectivity index (χ2n) is 13.3. The molecule has 0 saturated heterocycles. The number of fused-ring (bicyclic) bond motifs is 6. The van der Waals surface area contributed by atoms with Crippen molar-refractivity contribution in [1.82, 2.24) is 19.5 Å². The van der Waals surface area contributed by atoms with Gasteiger partial charge in [0.1, 0.15) is 0 Å². The molecule has 0 fully saturated rings. The third-order valence-electron chi connectivity index (χ3n) is 10.2. The van der Waals surface area contributed by atoms with E-state index in [9.17, 15) is 0 Å². The van der Waals surface area contributed by atoms with Gasteiger partial charge >= 0.3 is 0 Å². The molecule has 7 aromatic carbocycles. The Bertz CT molecular complexity index is 3010. The van der Waals surface area contributed by atoms with E-state index in [4.69, 9.17) is 15.0 Å². The van der Waals surface area contributed by atoms with Crippen LogP contribution >= 0.6 is 11.3 Å². The average Bonchev–Trinajstić information content (AvgIpc) is 3.79. The van der Waals surface area contributed by atoms with Crippen molar-refractivity contribution >= 4 is 66.2 Å². The van der Waals surface area contributed by atoms with Gasteiger partial charge in [0.2, 0.25) is 0 Å². The van der Waals surface area contributed by atoms with Gasteiger partial charge in [-0.3, -0.25) is 0 Å². The molecular formula is C49H32N4S. The predicted molar refractivity (Wildman–Crippen MR) is 229 cm³/mol. The molecule has 0 aliphatic rings. The van der Waals surface area contributed by atoms with Crippen molar-refractivity contribution in [3.05, 3.63) is 181 Å². The lowest BCUT2D eigenvalue weighted by molar-refractivity contribution is 1.08. The van der Waals surface area contributed by atoms with E-state index >= 15 is 0 Å². The maximum atomic E-state index is 5.13. The predicted octanol–water partition coefficient (Wildman–Crippen LogP) is 13.3. The Balaban J connectivity index is 1.25. The molecule has 0 saturated carbocycles. The summed E-state index contributed by atoms with van der Waals surface area (Å²) in [5.74, 6) is 1.92. The van der Waals surface area contributed by atoms with Crippen LogP contribution in [0.15, 0.2) is 171 Å². The van der Waals surface area contributed by atoms with Crippen LogP contribution in [-0.2, 0) is 0 Å². The maximum Gasteiger partial charge on any atom is 0.164 e. The quantitative estimate of drug-likeness (QED) is 0.166. The van der Waals surface area contributed by atoms with Crippen molar-refractivity contribution in [2.24, 2.45) is 0 Å². The minimum absolute atomic E-state index is 0.636. The summed E-state index contributed by atoms with van der Waals surface area (Å²) in [6.07, 6.45) is 3.90. The molecular weight excluding hydrogens is 677 g/mol. The first-order valence-corrected chi connectivity index (χ1v) is 18.7. The highest BCUT2D eigenvalue weighted by Gasteiger charge is 2.21. The number of aromatic nitrogens is 4. The second kappa shape index (κ2) is 12.9. The van der Waals surface area contributed by atoms with Gasteiger partial charge in [0.05, 0.1) is 11.0 Å². The summed E-state index contributed by atoms with van der Waals surface area (Å²) in [7, 11) is 0. The molecule has 0 N–H and O–H groups in total. The smallest absolute Gasteiger partial charge is 0.164 e. The summed E-state index contributed by atoms with van der Waals surface area (Å²) < 4.78 is 3.62. The van der Waals surface area contributed by atoms with Gasteiger partial charge < -0.3 is 4.57 Å². The van der Waals surface area contributed by atoms with Crippen LogP contribution in [0.2, 0.25) is 0 Å². The molecule has 10 aromatic rings. The largest absolute Gasteiger partial charge is 0.309 e. The van der Waals surface area contributed by atoms with E-state index in [0.29, 0.717) is 17.5 Å². The summed E-state index contributed by atoms with van der Waals surface area (Å²) in [6, 6.07) is 55.2. The highest BCUT2D eigenvalue weighted by molar-refractivity contribution is 7.21. The van der Waals surface area contributed by atoms with Gasteiger partial charge in [-0.25, -0.2) is 15.0 Å². The van der Waals surface area contributed by atoms with Gasteiger partial charge in [-0.1, -0.05) is 153 Å². The Morgan fingerprint density at radius 3 is 1.74 bits per heavy atom. The van der Waals surface area contributed by atoms with E-state index in [0.717, 1.165) is 60.2 Å². The molecule has 0 radical (unpaired) electrons. The molecule has 0 bridgehead atoms. The maximum absolute atomic E-state index is 5.13. The number of rotatable bonds is 7. The Hall–Kier alpha value is -6.95. The summed E-state index contributed by atoms with van der Waals surface area (Å²) in [4.78, 5) is 16.4. The van der Waals surface area contributed by atoms with Crippen LogP contribution in [0, 0.1) is 0 Å². The summed E-state index contributed by atoms with van der Waals surface area (Å²) in [5.41, 5.74) is 9.65. The molecule has 254 valence electrons. The van der Waals surface area contributed by atoms with Crippen LogP contribution in [0.3, 0.4) is 0 Å². The Morgan fingerprint density at radius 2 is 1.09 bits per heavy atom. The van der Waals surface area contributed by atoms with Gasteiger partial charge in [-0.15, -0.1) is 11.3 Å². The molecule has 3 heterocycles. The van der Waals surface area contributed by atoms with Crippen molar-refractivity contribution in [2.75, 3.05) is 0 Å². The molecule has 3 aromatic heterocycles. The third-order valence-corrected chi connectivity index (χ3v) is 11.4. The molecule has 0 unspecified atom stereocenters. The number of nitrogens with zero attached hydrogens (tertiary/aromatic N) is 4. The zero-order chi connectivity index (χ0) is 36.2. The van der Waals surface area contributed by atoms with Crippen LogP contribution < -0.4 is 0 Å². The van der Waals surface area contributed by atoms with Crippen molar-refractivity contribution < 1.29 is 0 Å². The molecule has 0 aliphatic heterocycles. The van der Waals surface area contributed by atoms with E-state index in [1.807, 2.05) is 72.8 Å². The van der Waals surface area contributed by atoms with Gasteiger partial charge in [-0.05, 0) is 52.4 Å². The number of benzene rings is 7. The Kier molecular flexibility index (Phi) is 7.60. The lowest BCUT2D eigenvalue weighted by Gasteiger charge is -2.14. The molecule has 0 spiro atoms. The fraction of sp³-hybridized carbons (Fsp3) is 0. The first kappa shape index (κ1) is 31.8. The second-order valence-corrected chi connectivity index (χ2v) is 14.3. The Labute approximate surface area is 316 Å². The molecule has 54 heavy (non-hydrogen) atoms. The first-order valence-electron chi connectivity index (χ1n) is 17.9. The van der Waals surface area contributed by atoms with E-state index in [1.54, 1.807) is 11.3 Å². The van der Waals surface area contributed by atoms with E-state index < -0.39 is 0 Å². The normalized spacial score (nSPS) is 11.5. The fourth-order valence-electron chi connectivity index (χ4n) is 7.78. The van der Waals surface area contributed by atoms with Crippen LogP contribution in [0.5, 0.6) is 0 Å². The van der Waals surface area contributed by atoms with E-state index in [-0.39, 0.29) is 0 Å². The lowest BCUT2D eigenvalue weighted by atomic mass is 9.93. The van der Waals surface area contributed by atoms with Gasteiger partial charge in [0.15, 0.2) is 17.5 Å². The van der Waals surface area contributed by atoms with Crippen LogP contribution in [-0.4, -0.2) is 19.5 Å². The topological polar surface area (TPSA) is 43.6 Å². The van der Waals surface area contributed by atoms with Crippen LogP contribution in [0.1, 0.15) is 10.4 Å². The summed E-state index contributed by atoms with van der Waals surface area (Å²) in [5, 5.41) is 5.83. The molecule has 0 atom stereocenters. The van der Waals surface area contributed by atoms with Crippen molar-refractivity contribution in [3.63, 3.8) is 0 Å². The van der Waals surface area contributed by atoms with E-state index in [1.165, 1.54) is 26.4 Å². The lowest BCUT2D eigenvalue weighted by Crippen LogP contribution is -2.00. The third kappa shape index (κ3) is 5.09. The average molecular weight is 709 g/mol. The van der Waals surface area contributed by atoms with Crippen molar-refractivity contribution in [3.8, 4) is 51.0 Å². The monoisotopic (exact) mass is 708 g/mol. The highest BCUT2D eigenvalue weighted by atomic mass is 32.1. The summed E-state index contributed by atoms with van der Waals surface area (Å²) in [6.45, 7) is 8.29. The van der Waals surface area contributed by atoms with Gasteiger partial charge in [0.25, 0.3) is 0 Å². The molecule has 4 nitrogen and oxygen atoms in total. The molecule has 0 amide bonds. The highest BCUT2D eigenvalue weighted by Crippen LogP contribution is 2.45. The first-order chi connectivity index (χ1) is 26.7. The molecule has 5 heteroatoms. The fourth-order valence-corrected chi connectivity index (χ4v) is 8.99. The van der Waals surface area contributed by atoms with Gasteiger partial charge in [-0.2, -0.15) is 0 Å².